The van der Waals surface area contributed by atoms with Crippen molar-refractivity contribution in [1.82, 2.24) is 5.32 Å². The molecule has 0 saturated carbocycles. The zero-order valence-corrected chi connectivity index (χ0v) is 12.8. The molecule has 0 radical (unpaired) electrons. The first kappa shape index (κ1) is 17.7. The van der Waals surface area contributed by atoms with Crippen molar-refractivity contribution in [3.8, 4) is 0 Å². The van der Waals surface area contributed by atoms with Crippen LogP contribution in [0.15, 0.2) is 41.4 Å². The summed E-state index contributed by atoms with van der Waals surface area (Å²) < 4.78 is 40.7. The topological polar surface area (TPSA) is 49.3 Å². The van der Waals surface area contributed by atoms with Crippen molar-refractivity contribution in [2.75, 3.05) is 6.54 Å². The highest BCUT2D eigenvalue weighted by atomic mass is 79.9. The zero-order valence-electron chi connectivity index (χ0n) is 11.2. The minimum absolute atomic E-state index is 0.0252. The van der Waals surface area contributed by atoms with E-state index in [0.717, 1.165) is 19.1 Å². The van der Waals surface area contributed by atoms with Crippen LogP contribution in [-0.4, -0.2) is 23.7 Å². The summed E-state index contributed by atoms with van der Waals surface area (Å²) in [6.45, 7) is 4.43. The standard InChI is InChI=1S/C14H15BrF3NO2/c1-3-8-19-12(20)9(2)13(21,14(16,17)18)10-4-6-11(15)7-5-10/h3-7,9,21H,1,8H2,2H3,(H,19,20)/t9-,13+/m1/s1. The molecule has 0 unspecified atom stereocenters. The molecule has 0 bridgehead atoms. The first-order valence-electron chi connectivity index (χ1n) is 6.08. The number of amides is 1. The van der Waals surface area contributed by atoms with Gasteiger partial charge in [0.1, 0.15) is 0 Å². The summed E-state index contributed by atoms with van der Waals surface area (Å²) >= 11 is 3.11. The summed E-state index contributed by atoms with van der Waals surface area (Å²) in [4.78, 5) is 11.8. The lowest BCUT2D eigenvalue weighted by Crippen LogP contribution is -2.52. The second-order valence-electron chi connectivity index (χ2n) is 4.53. The minimum Gasteiger partial charge on any atom is -0.376 e. The lowest BCUT2D eigenvalue weighted by molar-refractivity contribution is -0.281. The first-order chi connectivity index (χ1) is 9.64. The van der Waals surface area contributed by atoms with E-state index < -0.39 is 23.6 Å². The SMILES string of the molecule is C=CCNC(=O)[C@@H](C)[C@](O)(c1ccc(Br)cc1)C(F)(F)F. The third kappa shape index (κ3) is 3.65. The van der Waals surface area contributed by atoms with Crippen LogP contribution in [0.4, 0.5) is 13.2 Å². The molecule has 0 fully saturated rings. The van der Waals surface area contributed by atoms with Crippen molar-refractivity contribution in [3.05, 3.63) is 47.0 Å². The second-order valence-corrected chi connectivity index (χ2v) is 5.44. The van der Waals surface area contributed by atoms with Gasteiger partial charge in [0.2, 0.25) is 5.91 Å². The molecule has 1 aromatic rings. The number of nitrogens with one attached hydrogen (secondary N) is 1. The number of carbonyl (C=O) groups excluding carboxylic acids is 1. The number of carbonyl (C=O) groups is 1. The summed E-state index contributed by atoms with van der Waals surface area (Å²) in [5.74, 6) is -2.61. The molecule has 0 aliphatic carbocycles. The minimum atomic E-state index is -4.99. The Bertz CT molecular complexity index is 516. The van der Waals surface area contributed by atoms with Gasteiger partial charge in [-0.25, -0.2) is 0 Å². The van der Waals surface area contributed by atoms with Crippen LogP contribution in [0.25, 0.3) is 0 Å². The van der Waals surface area contributed by atoms with Crippen molar-refractivity contribution in [1.29, 1.82) is 0 Å². The Morgan fingerprint density at radius 2 is 1.95 bits per heavy atom. The molecule has 116 valence electrons. The quantitative estimate of drug-likeness (QED) is 0.787. The third-order valence-corrected chi connectivity index (χ3v) is 3.69. The second kappa shape index (κ2) is 6.62. The maximum atomic E-state index is 13.4. The molecule has 0 aromatic heterocycles. The monoisotopic (exact) mass is 365 g/mol. The molecule has 21 heavy (non-hydrogen) atoms. The van der Waals surface area contributed by atoms with E-state index in [4.69, 9.17) is 0 Å². The van der Waals surface area contributed by atoms with Gasteiger partial charge in [-0.2, -0.15) is 13.2 Å². The third-order valence-electron chi connectivity index (χ3n) is 3.16. The van der Waals surface area contributed by atoms with Crippen molar-refractivity contribution in [2.24, 2.45) is 5.92 Å². The van der Waals surface area contributed by atoms with Crippen LogP contribution in [0.3, 0.4) is 0 Å². The van der Waals surface area contributed by atoms with E-state index in [2.05, 4.69) is 27.8 Å². The molecule has 0 aliphatic heterocycles. The van der Waals surface area contributed by atoms with Gasteiger partial charge < -0.3 is 10.4 Å². The molecule has 0 heterocycles. The van der Waals surface area contributed by atoms with Crippen molar-refractivity contribution in [3.63, 3.8) is 0 Å². The molecule has 1 amide bonds. The van der Waals surface area contributed by atoms with Gasteiger partial charge in [-0.15, -0.1) is 6.58 Å². The van der Waals surface area contributed by atoms with Gasteiger partial charge in [-0.05, 0) is 17.7 Å². The normalized spacial score (nSPS) is 15.9. The Kier molecular flexibility index (Phi) is 5.58. The Balaban J connectivity index is 3.24. The lowest BCUT2D eigenvalue weighted by atomic mass is 9.81. The van der Waals surface area contributed by atoms with E-state index in [0.29, 0.717) is 4.47 Å². The fraction of sp³-hybridized carbons (Fsp3) is 0.357. The van der Waals surface area contributed by atoms with Gasteiger partial charge in [0.25, 0.3) is 0 Å². The molecule has 2 N–H and O–H groups in total. The number of hydrogen-bond acceptors (Lipinski definition) is 2. The van der Waals surface area contributed by atoms with Crippen LogP contribution in [-0.2, 0) is 10.4 Å². The molecule has 2 atom stereocenters. The summed E-state index contributed by atoms with van der Waals surface area (Å²) in [6, 6.07) is 5.02. The molecule has 0 saturated heterocycles. The number of halogens is 4. The number of aliphatic hydroxyl groups is 1. The smallest absolute Gasteiger partial charge is 0.376 e. The summed E-state index contributed by atoms with van der Waals surface area (Å²) in [5.41, 5.74) is -3.65. The van der Waals surface area contributed by atoms with Crippen molar-refractivity contribution < 1.29 is 23.1 Å². The number of benzene rings is 1. The Morgan fingerprint density at radius 1 is 1.43 bits per heavy atom. The fourth-order valence-corrected chi connectivity index (χ4v) is 2.14. The first-order valence-corrected chi connectivity index (χ1v) is 6.87. The maximum absolute atomic E-state index is 13.4. The maximum Gasteiger partial charge on any atom is 0.422 e. The Labute approximate surface area is 129 Å². The Morgan fingerprint density at radius 3 is 2.38 bits per heavy atom. The van der Waals surface area contributed by atoms with Gasteiger partial charge in [0.15, 0.2) is 5.60 Å². The van der Waals surface area contributed by atoms with Crippen LogP contribution < -0.4 is 5.32 Å². The van der Waals surface area contributed by atoms with Crippen molar-refractivity contribution >= 4 is 21.8 Å². The highest BCUT2D eigenvalue weighted by Crippen LogP contribution is 2.44. The Hall–Kier alpha value is -1.34. The van der Waals surface area contributed by atoms with E-state index in [1.54, 1.807) is 0 Å². The summed E-state index contributed by atoms with van der Waals surface area (Å²) in [6.07, 6.45) is -3.65. The predicted octanol–water partition coefficient (Wildman–Crippen LogP) is 3.14. The number of alkyl halides is 3. The van der Waals surface area contributed by atoms with E-state index >= 15 is 0 Å². The number of hydrogen-bond donors (Lipinski definition) is 2. The summed E-state index contributed by atoms with van der Waals surface area (Å²) in [7, 11) is 0. The van der Waals surface area contributed by atoms with E-state index in [1.165, 1.54) is 18.2 Å². The average molecular weight is 366 g/mol. The molecule has 0 spiro atoms. The summed E-state index contributed by atoms with van der Waals surface area (Å²) in [5, 5.41) is 12.5. The molecule has 1 rings (SSSR count). The van der Waals surface area contributed by atoms with Gasteiger partial charge >= 0.3 is 6.18 Å². The van der Waals surface area contributed by atoms with Gasteiger partial charge in [0.05, 0.1) is 5.92 Å². The highest BCUT2D eigenvalue weighted by molar-refractivity contribution is 9.10. The fourth-order valence-electron chi connectivity index (χ4n) is 1.88. The van der Waals surface area contributed by atoms with E-state index in [1.807, 2.05) is 0 Å². The van der Waals surface area contributed by atoms with Crippen LogP contribution in [0, 0.1) is 5.92 Å². The van der Waals surface area contributed by atoms with Crippen LogP contribution >= 0.6 is 15.9 Å². The number of rotatable bonds is 5. The zero-order chi connectivity index (χ0) is 16.3. The molecule has 3 nitrogen and oxygen atoms in total. The lowest BCUT2D eigenvalue weighted by Gasteiger charge is -2.35. The molecule has 7 heteroatoms. The van der Waals surface area contributed by atoms with Crippen LogP contribution in [0.1, 0.15) is 12.5 Å². The molecule has 0 aliphatic rings. The average Bonchev–Trinajstić information content (AvgIpc) is 2.42. The van der Waals surface area contributed by atoms with Gasteiger partial charge in [-0.1, -0.05) is 41.1 Å². The largest absolute Gasteiger partial charge is 0.422 e. The van der Waals surface area contributed by atoms with Gasteiger partial charge in [-0.3, -0.25) is 4.79 Å². The van der Waals surface area contributed by atoms with Gasteiger partial charge in [0, 0.05) is 11.0 Å². The van der Waals surface area contributed by atoms with Crippen molar-refractivity contribution in [2.45, 2.75) is 18.7 Å². The highest BCUT2D eigenvalue weighted by Gasteiger charge is 2.60. The molecule has 1 aromatic carbocycles. The predicted molar refractivity (Wildman–Crippen MR) is 76.5 cm³/mol. The van der Waals surface area contributed by atoms with E-state index in [-0.39, 0.29) is 12.1 Å². The van der Waals surface area contributed by atoms with Crippen LogP contribution in [0.5, 0.6) is 0 Å². The molecular weight excluding hydrogens is 351 g/mol. The van der Waals surface area contributed by atoms with Crippen LogP contribution in [0.2, 0.25) is 0 Å². The molecular formula is C14H15BrF3NO2. The van der Waals surface area contributed by atoms with E-state index in [9.17, 15) is 23.1 Å².